The predicted octanol–water partition coefficient (Wildman–Crippen LogP) is 4.21. The minimum absolute atomic E-state index is 0.0106. The van der Waals surface area contributed by atoms with E-state index in [1.165, 1.54) is 0 Å². The van der Waals surface area contributed by atoms with Crippen molar-refractivity contribution in [2.45, 2.75) is 25.8 Å². The van der Waals surface area contributed by atoms with Crippen LogP contribution in [0.15, 0.2) is 71.5 Å². The van der Waals surface area contributed by atoms with Crippen LogP contribution in [-0.2, 0) is 17.8 Å². The lowest BCUT2D eigenvalue weighted by Crippen LogP contribution is -2.22. The molecule has 0 saturated carbocycles. The van der Waals surface area contributed by atoms with Gasteiger partial charge in [-0.1, -0.05) is 28.9 Å². The Morgan fingerprint density at radius 2 is 1.90 bits per heavy atom. The molecule has 0 radical (unpaired) electrons. The quantitative estimate of drug-likeness (QED) is 0.460. The third kappa shape index (κ3) is 5.12. The van der Waals surface area contributed by atoms with E-state index in [-0.39, 0.29) is 5.91 Å². The summed E-state index contributed by atoms with van der Waals surface area (Å²) in [7, 11) is 0. The average Bonchev–Trinajstić information content (AvgIpc) is 3.46. The molecule has 30 heavy (non-hydrogen) atoms. The topological polar surface area (TPSA) is 85.8 Å². The van der Waals surface area contributed by atoms with Crippen molar-refractivity contribution >= 4 is 17.5 Å². The largest absolute Gasteiger partial charge is 0.352 e. The Kier molecular flexibility index (Phi) is 6.20. The van der Waals surface area contributed by atoms with Gasteiger partial charge in [-0.25, -0.2) is 4.68 Å². The van der Waals surface area contributed by atoms with E-state index in [1.54, 1.807) is 23.0 Å². The van der Waals surface area contributed by atoms with Crippen LogP contribution in [0.25, 0.3) is 17.1 Å². The summed E-state index contributed by atoms with van der Waals surface area (Å²) in [6, 6.07) is 17.0. The van der Waals surface area contributed by atoms with Gasteiger partial charge in [0.2, 0.25) is 17.6 Å². The first-order valence-corrected chi connectivity index (χ1v) is 9.99. The molecule has 0 aliphatic rings. The van der Waals surface area contributed by atoms with Crippen molar-refractivity contribution in [3.8, 4) is 17.1 Å². The lowest BCUT2D eigenvalue weighted by molar-refractivity contribution is -0.121. The molecule has 0 saturated heterocycles. The molecule has 0 fully saturated rings. The van der Waals surface area contributed by atoms with Gasteiger partial charge >= 0.3 is 0 Å². The summed E-state index contributed by atoms with van der Waals surface area (Å²) < 4.78 is 7.06. The summed E-state index contributed by atoms with van der Waals surface area (Å²) in [6.45, 7) is 0.486. The average molecular weight is 422 g/mol. The van der Waals surface area contributed by atoms with Gasteiger partial charge in [0.05, 0.1) is 5.69 Å². The van der Waals surface area contributed by atoms with Crippen molar-refractivity contribution in [2.24, 2.45) is 0 Å². The number of carbonyl (C=O) groups excluding carboxylic acids is 1. The van der Waals surface area contributed by atoms with Gasteiger partial charge in [-0.3, -0.25) is 4.79 Å². The van der Waals surface area contributed by atoms with E-state index in [2.05, 4.69) is 20.6 Å². The fourth-order valence-corrected chi connectivity index (χ4v) is 3.08. The normalized spacial score (nSPS) is 10.8. The maximum atomic E-state index is 12.1. The van der Waals surface area contributed by atoms with Gasteiger partial charge in [0.1, 0.15) is 0 Å². The first kappa shape index (κ1) is 19.8. The number of hydrogen-bond donors (Lipinski definition) is 1. The maximum absolute atomic E-state index is 12.1. The molecule has 2 aromatic heterocycles. The second-order valence-corrected chi connectivity index (χ2v) is 7.20. The standard InChI is InChI=1S/C22H20ClN5O2/c23-18-9-7-17(8-10-18)22-26-21(30-27-22)4-1-3-20(29)24-15-16-5-11-19(12-6-16)28-14-2-13-25-28/h2,5-14H,1,3-4,15H2,(H,24,29). The van der Waals surface area contributed by atoms with Gasteiger partial charge in [0.25, 0.3) is 0 Å². The summed E-state index contributed by atoms with van der Waals surface area (Å²) >= 11 is 5.89. The van der Waals surface area contributed by atoms with Gasteiger partial charge in [-0.05, 0) is 54.4 Å². The molecule has 1 N–H and O–H groups in total. The zero-order valence-electron chi connectivity index (χ0n) is 16.2. The predicted molar refractivity (Wildman–Crippen MR) is 113 cm³/mol. The highest BCUT2D eigenvalue weighted by Crippen LogP contribution is 2.19. The SMILES string of the molecule is O=C(CCCc1nc(-c2ccc(Cl)cc2)no1)NCc1ccc(-n2cccn2)cc1. The number of nitrogens with one attached hydrogen (secondary N) is 1. The number of benzene rings is 2. The van der Waals surface area contributed by atoms with E-state index in [0.29, 0.717) is 42.5 Å². The van der Waals surface area contributed by atoms with Crippen molar-refractivity contribution in [3.05, 3.63) is 83.5 Å². The molecule has 7 nitrogen and oxygen atoms in total. The summed E-state index contributed by atoms with van der Waals surface area (Å²) in [5.74, 6) is 1.02. The van der Waals surface area contributed by atoms with Gasteiger partial charge in [0, 0.05) is 42.4 Å². The van der Waals surface area contributed by atoms with E-state index in [9.17, 15) is 4.79 Å². The Labute approximate surface area is 178 Å². The van der Waals surface area contributed by atoms with E-state index in [4.69, 9.17) is 16.1 Å². The van der Waals surface area contributed by atoms with Crippen molar-refractivity contribution in [1.82, 2.24) is 25.2 Å². The van der Waals surface area contributed by atoms with Crippen LogP contribution in [0, 0.1) is 0 Å². The van der Waals surface area contributed by atoms with Crippen molar-refractivity contribution in [2.75, 3.05) is 0 Å². The first-order valence-electron chi connectivity index (χ1n) is 9.61. The molecule has 8 heteroatoms. The zero-order chi connectivity index (χ0) is 20.8. The highest BCUT2D eigenvalue weighted by Gasteiger charge is 2.10. The van der Waals surface area contributed by atoms with Crippen LogP contribution < -0.4 is 5.32 Å². The molecule has 0 unspecified atom stereocenters. The fraction of sp³-hybridized carbons (Fsp3) is 0.182. The molecule has 1 amide bonds. The lowest BCUT2D eigenvalue weighted by atomic mass is 10.2. The number of halogens is 1. The Morgan fingerprint density at radius 1 is 1.10 bits per heavy atom. The number of nitrogens with zero attached hydrogens (tertiary/aromatic N) is 4. The minimum atomic E-state index is -0.0106. The van der Waals surface area contributed by atoms with E-state index < -0.39 is 0 Å². The minimum Gasteiger partial charge on any atom is -0.352 e. The Morgan fingerprint density at radius 3 is 2.63 bits per heavy atom. The molecule has 4 rings (SSSR count). The maximum Gasteiger partial charge on any atom is 0.226 e. The van der Waals surface area contributed by atoms with Crippen LogP contribution in [0.1, 0.15) is 24.3 Å². The molecule has 0 aliphatic heterocycles. The summed E-state index contributed by atoms with van der Waals surface area (Å²) in [5.41, 5.74) is 2.85. The van der Waals surface area contributed by atoms with Crippen LogP contribution in [0.5, 0.6) is 0 Å². The van der Waals surface area contributed by atoms with Crippen LogP contribution in [0.4, 0.5) is 0 Å². The van der Waals surface area contributed by atoms with Crippen molar-refractivity contribution in [1.29, 1.82) is 0 Å². The molecule has 0 atom stereocenters. The van der Waals surface area contributed by atoms with E-state index in [0.717, 1.165) is 16.8 Å². The number of aromatic nitrogens is 4. The van der Waals surface area contributed by atoms with Gasteiger partial charge in [-0.2, -0.15) is 10.1 Å². The molecule has 2 heterocycles. The fourth-order valence-electron chi connectivity index (χ4n) is 2.95. The highest BCUT2D eigenvalue weighted by molar-refractivity contribution is 6.30. The Bertz CT molecular complexity index is 1090. The van der Waals surface area contributed by atoms with Gasteiger partial charge < -0.3 is 9.84 Å². The lowest BCUT2D eigenvalue weighted by Gasteiger charge is -2.06. The summed E-state index contributed by atoms with van der Waals surface area (Å²) in [4.78, 5) is 16.5. The van der Waals surface area contributed by atoms with Crippen LogP contribution in [0.2, 0.25) is 5.02 Å². The van der Waals surface area contributed by atoms with Crippen LogP contribution >= 0.6 is 11.6 Å². The van der Waals surface area contributed by atoms with Crippen molar-refractivity contribution < 1.29 is 9.32 Å². The number of hydrogen-bond acceptors (Lipinski definition) is 5. The van der Waals surface area contributed by atoms with Gasteiger partial charge in [0.15, 0.2) is 0 Å². The number of rotatable bonds is 8. The number of carbonyl (C=O) groups is 1. The summed E-state index contributed by atoms with van der Waals surface area (Å²) in [5, 5.41) is 11.8. The third-order valence-corrected chi connectivity index (χ3v) is 4.81. The zero-order valence-corrected chi connectivity index (χ0v) is 16.9. The molecule has 152 valence electrons. The number of aryl methyl sites for hydroxylation is 1. The molecule has 0 spiro atoms. The Hall–Kier alpha value is -3.45. The molecule has 2 aromatic carbocycles. The molecular weight excluding hydrogens is 402 g/mol. The van der Waals surface area contributed by atoms with E-state index >= 15 is 0 Å². The van der Waals surface area contributed by atoms with Crippen molar-refractivity contribution in [3.63, 3.8) is 0 Å². The first-order chi connectivity index (χ1) is 14.7. The highest BCUT2D eigenvalue weighted by atomic mass is 35.5. The van der Waals surface area contributed by atoms with E-state index in [1.807, 2.05) is 48.7 Å². The third-order valence-electron chi connectivity index (χ3n) is 4.56. The summed E-state index contributed by atoms with van der Waals surface area (Å²) in [6.07, 6.45) is 5.20. The smallest absolute Gasteiger partial charge is 0.226 e. The second kappa shape index (κ2) is 9.37. The molecule has 4 aromatic rings. The molecular formula is C22H20ClN5O2. The second-order valence-electron chi connectivity index (χ2n) is 6.77. The Balaban J connectivity index is 1.20. The van der Waals surface area contributed by atoms with Gasteiger partial charge in [-0.15, -0.1) is 0 Å². The molecule has 0 bridgehead atoms. The monoisotopic (exact) mass is 421 g/mol. The van der Waals surface area contributed by atoms with Crippen LogP contribution in [0.3, 0.4) is 0 Å². The van der Waals surface area contributed by atoms with Crippen LogP contribution in [-0.4, -0.2) is 25.8 Å². The molecule has 0 aliphatic carbocycles. The number of amides is 1.